The third-order valence-electron chi connectivity index (χ3n) is 5.02. The van der Waals surface area contributed by atoms with Crippen molar-refractivity contribution in [1.82, 2.24) is 0 Å². The lowest BCUT2D eigenvalue weighted by Crippen LogP contribution is -2.08. The highest BCUT2D eigenvalue weighted by molar-refractivity contribution is 9.09. The van der Waals surface area contributed by atoms with E-state index in [1.54, 1.807) is 14.2 Å². The van der Waals surface area contributed by atoms with Crippen molar-refractivity contribution in [1.29, 1.82) is 0 Å². The molecule has 2 aliphatic rings. The standard InChI is InChI=1S/C17H23BrO2/c1-19-15-8-7-11(10-16(15)20-2)9-14(18)17-12-5-3-4-6-13(12)17/h7-8,10,12-14,17H,3-6,9H2,1-2H3. The largest absolute Gasteiger partial charge is 0.493 e. The second-order valence-corrected chi connectivity index (χ2v) is 7.28. The lowest BCUT2D eigenvalue weighted by atomic mass is 10.0. The van der Waals surface area contributed by atoms with Crippen LogP contribution in [0.5, 0.6) is 11.5 Å². The number of hydrogen-bond donors (Lipinski definition) is 0. The lowest BCUT2D eigenvalue weighted by Gasteiger charge is -2.13. The van der Waals surface area contributed by atoms with Crippen LogP contribution >= 0.6 is 15.9 Å². The van der Waals surface area contributed by atoms with E-state index in [1.165, 1.54) is 31.2 Å². The third-order valence-corrected chi connectivity index (χ3v) is 5.95. The molecular weight excluding hydrogens is 316 g/mol. The first-order chi connectivity index (χ1) is 9.74. The van der Waals surface area contributed by atoms with E-state index in [0.29, 0.717) is 4.83 Å². The molecule has 0 radical (unpaired) electrons. The van der Waals surface area contributed by atoms with Gasteiger partial charge >= 0.3 is 0 Å². The molecule has 0 aromatic heterocycles. The van der Waals surface area contributed by atoms with Crippen molar-refractivity contribution in [2.24, 2.45) is 17.8 Å². The van der Waals surface area contributed by atoms with Crippen LogP contribution in [0.25, 0.3) is 0 Å². The monoisotopic (exact) mass is 338 g/mol. The Morgan fingerprint density at radius 1 is 1.10 bits per heavy atom. The minimum Gasteiger partial charge on any atom is -0.493 e. The van der Waals surface area contributed by atoms with Gasteiger partial charge in [-0.3, -0.25) is 0 Å². The zero-order valence-electron chi connectivity index (χ0n) is 12.3. The number of ether oxygens (including phenoxy) is 2. The molecule has 3 rings (SSSR count). The summed E-state index contributed by atoms with van der Waals surface area (Å²) in [6.07, 6.45) is 6.85. The smallest absolute Gasteiger partial charge is 0.160 e. The highest BCUT2D eigenvalue weighted by Crippen LogP contribution is 2.58. The van der Waals surface area contributed by atoms with Gasteiger partial charge in [-0.2, -0.15) is 0 Å². The average molecular weight is 339 g/mol. The predicted octanol–water partition coefficient (Wildman–Crippen LogP) is 4.45. The number of benzene rings is 1. The van der Waals surface area contributed by atoms with E-state index in [0.717, 1.165) is 35.7 Å². The van der Waals surface area contributed by atoms with Crippen molar-refractivity contribution in [3.8, 4) is 11.5 Å². The van der Waals surface area contributed by atoms with Crippen molar-refractivity contribution in [2.45, 2.75) is 36.9 Å². The third kappa shape index (κ3) is 2.69. The molecule has 0 heterocycles. The van der Waals surface area contributed by atoms with Gasteiger partial charge < -0.3 is 9.47 Å². The van der Waals surface area contributed by atoms with Crippen molar-refractivity contribution >= 4 is 15.9 Å². The summed E-state index contributed by atoms with van der Waals surface area (Å²) in [6.45, 7) is 0. The van der Waals surface area contributed by atoms with E-state index in [9.17, 15) is 0 Å². The Hall–Kier alpha value is -0.700. The van der Waals surface area contributed by atoms with Crippen LogP contribution in [0.4, 0.5) is 0 Å². The van der Waals surface area contributed by atoms with Gasteiger partial charge in [-0.1, -0.05) is 34.8 Å². The summed E-state index contributed by atoms with van der Waals surface area (Å²) in [7, 11) is 3.38. The molecule has 0 saturated heterocycles. The van der Waals surface area contributed by atoms with Crippen molar-refractivity contribution in [3.63, 3.8) is 0 Å². The molecule has 1 aromatic rings. The molecule has 3 heteroatoms. The van der Waals surface area contributed by atoms with E-state index < -0.39 is 0 Å². The Labute approximate surface area is 130 Å². The van der Waals surface area contributed by atoms with Gasteiger partial charge in [0, 0.05) is 4.83 Å². The highest BCUT2D eigenvalue weighted by atomic mass is 79.9. The number of hydrogen-bond acceptors (Lipinski definition) is 2. The van der Waals surface area contributed by atoms with Gasteiger partial charge in [-0.05, 0) is 54.7 Å². The van der Waals surface area contributed by atoms with Crippen molar-refractivity contribution < 1.29 is 9.47 Å². The highest BCUT2D eigenvalue weighted by Gasteiger charge is 2.53. The van der Waals surface area contributed by atoms with Crippen LogP contribution in [-0.4, -0.2) is 19.0 Å². The van der Waals surface area contributed by atoms with Gasteiger partial charge in [-0.15, -0.1) is 0 Å². The second kappa shape index (κ2) is 5.97. The quantitative estimate of drug-likeness (QED) is 0.738. The van der Waals surface area contributed by atoms with Gasteiger partial charge in [0.15, 0.2) is 11.5 Å². The van der Waals surface area contributed by atoms with Crippen molar-refractivity contribution in [2.75, 3.05) is 14.2 Å². The summed E-state index contributed by atoms with van der Waals surface area (Å²) in [4.78, 5) is 0.605. The summed E-state index contributed by atoms with van der Waals surface area (Å²) in [6, 6.07) is 6.27. The molecule has 3 unspecified atom stereocenters. The predicted molar refractivity (Wildman–Crippen MR) is 84.9 cm³/mol. The topological polar surface area (TPSA) is 18.5 Å². The van der Waals surface area contributed by atoms with Crippen LogP contribution in [0.2, 0.25) is 0 Å². The number of fused-ring (bicyclic) bond motifs is 1. The molecule has 2 fully saturated rings. The summed E-state index contributed by atoms with van der Waals surface area (Å²) >= 11 is 3.94. The van der Waals surface area contributed by atoms with Gasteiger partial charge in [0.1, 0.15) is 0 Å². The van der Waals surface area contributed by atoms with Gasteiger partial charge in [-0.25, -0.2) is 0 Å². The Bertz CT molecular complexity index is 462. The average Bonchev–Trinajstić information content (AvgIpc) is 3.21. The zero-order valence-corrected chi connectivity index (χ0v) is 13.9. The van der Waals surface area contributed by atoms with Crippen LogP contribution in [0.1, 0.15) is 31.2 Å². The van der Waals surface area contributed by atoms with E-state index in [4.69, 9.17) is 9.47 Å². The Kier molecular flexibility index (Phi) is 4.25. The van der Waals surface area contributed by atoms with E-state index in [1.807, 2.05) is 6.07 Å². The van der Waals surface area contributed by atoms with Crippen molar-refractivity contribution in [3.05, 3.63) is 23.8 Å². The number of alkyl halides is 1. The first kappa shape index (κ1) is 14.2. The molecule has 2 saturated carbocycles. The van der Waals surface area contributed by atoms with E-state index in [2.05, 4.69) is 28.1 Å². The number of rotatable bonds is 5. The van der Waals surface area contributed by atoms with Gasteiger partial charge in [0.05, 0.1) is 14.2 Å². The first-order valence-electron chi connectivity index (χ1n) is 7.59. The maximum atomic E-state index is 5.39. The molecule has 0 aliphatic heterocycles. The summed E-state index contributed by atoms with van der Waals surface area (Å²) < 4.78 is 10.7. The summed E-state index contributed by atoms with van der Waals surface area (Å²) in [5.41, 5.74) is 1.33. The molecule has 2 nitrogen and oxygen atoms in total. The minimum atomic E-state index is 0.605. The SMILES string of the molecule is COc1ccc(CC(Br)C2C3CCCCC32)cc1OC. The number of halogens is 1. The Balaban J connectivity index is 1.65. The van der Waals surface area contributed by atoms with E-state index in [-0.39, 0.29) is 0 Å². The molecular formula is C17H23BrO2. The molecule has 0 N–H and O–H groups in total. The molecule has 20 heavy (non-hydrogen) atoms. The summed E-state index contributed by atoms with van der Waals surface area (Å²) in [5, 5.41) is 0. The zero-order chi connectivity index (χ0) is 14.1. The molecule has 0 spiro atoms. The van der Waals surface area contributed by atoms with Gasteiger partial charge in [0.25, 0.3) is 0 Å². The molecule has 0 amide bonds. The minimum absolute atomic E-state index is 0.605. The van der Waals surface area contributed by atoms with Crippen LogP contribution in [0, 0.1) is 17.8 Å². The fourth-order valence-electron chi connectivity index (χ4n) is 3.95. The molecule has 1 aromatic carbocycles. The second-order valence-electron chi connectivity index (χ2n) is 6.10. The van der Waals surface area contributed by atoms with E-state index >= 15 is 0 Å². The Morgan fingerprint density at radius 2 is 1.75 bits per heavy atom. The summed E-state index contributed by atoms with van der Waals surface area (Å²) in [5.74, 6) is 4.52. The molecule has 0 bridgehead atoms. The normalized spacial score (nSPS) is 29.4. The lowest BCUT2D eigenvalue weighted by molar-refractivity contribution is 0.354. The molecule has 2 aliphatic carbocycles. The Morgan fingerprint density at radius 3 is 2.35 bits per heavy atom. The maximum Gasteiger partial charge on any atom is 0.160 e. The maximum absolute atomic E-state index is 5.39. The fraction of sp³-hybridized carbons (Fsp3) is 0.647. The van der Waals surface area contributed by atoms with Gasteiger partial charge in [0.2, 0.25) is 0 Å². The van der Waals surface area contributed by atoms with Crippen LogP contribution in [-0.2, 0) is 6.42 Å². The first-order valence-corrected chi connectivity index (χ1v) is 8.51. The number of methoxy groups -OCH3 is 2. The molecule has 110 valence electrons. The van der Waals surface area contributed by atoms with Crippen LogP contribution in [0.3, 0.4) is 0 Å². The van der Waals surface area contributed by atoms with Crippen LogP contribution in [0.15, 0.2) is 18.2 Å². The van der Waals surface area contributed by atoms with Crippen LogP contribution < -0.4 is 9.47 Å². The fourth-order valence-corrected chi connectivity index (χ4v) is 5.11. The molecule has 3 atom stereocenters.